The fourth-order valence-electron chi connectivity index (χ4n) is 8.93. The van der Waals surface area contributed by atoms with Crippen LogP contribution in [0.2, 0.25) is 0 Å². The first-order chi connectivity index (χ1) is 28.3. The van der Waals surface area contributed by atoms with Crippen molar-refractivity contribution >= 4 is 43.5 Å². The Bertz CT molecular complexity index is 2830. The fraction of sp³-hybridized carbons (Fsp3) is 0.276. The van der Waals surface area contributed by atoms with Crippen LogP contribution in [0.5, 0.6) is 0 Å². The lowest BCUT2D eigenvalue weighted by atomic mass is 9.84. The molecule has 0 spiro atoms. The molecule has 0 aliphatic carbocycles. The predicted molar refractivity (Wildman–Crippen MR) is 258 cm³/mol. The summed E-state index contributed by atoms with van der Waals surface area (Å²) in [6, 6.07) is 49.5. The van der Waals surface area contributed by atoms with Crippen molar-refractivity contribution in [2.24, 2.45) is 0 Å². The van der Waals surface area contributed by atoms with Gasteiger partial charge < -0.3 is 8.83 Å². The Kier molecular flexibility index (Phi) is 9.14. The van der Waals surface area contributed by atoms with Gasteiger partial charge in [-0.05, 0) is 76.6 Å². The Morgan fingerprint density at radius 2 is 0.533 bits per heavy atom. The molecule has 0 unspecified atom stereocenters. The van der Waals surface area contributed by atoms with Crippen LogP contribution in [0.4, 0.5) is 0 Å². The van der Waals surface area contributed by atoms with Gasteiger partial charge >= 0.3 is 0 Å². The van der Waals surface area contributed by atoms with Crippen molar-refractivity contribution in [2.45, 2.75) is 105 Å². The zero-order valence-electron chi connectivity index (χ0n) is 37.5. The van der Waals surface area contributed by atoms with Crippen LogP contribution in [-0.2, 0) is 21.7 Å². The summed E-state index contributed by atoms with van der Waals surface area (Å²) in [7, 11) is 0. The lowest BCUT2D eigenvalue weighted by Crippen LogP contribution is -2.10. The smallest absolute Gasteiger partial charge is 0.179 e. The molecule has 0 atom stereocenters. The minimum absolute atomic E-state index is 0.0239. The molecule has 0 saturated heterocycles. The molecule has 9 aromatic rings. The maximum atomic E-state index is 7.47. The number of hydrogen-bond donors (Lipinski definition) is 0. The van der Waals surface area contributed by atoms with Gasteiger partial charge in [0.2, 0.25) is 0 Å². The predicted octanol–water partition coefficient (Wildman–Crippen LogP) is 17.3. The molecule has 302 valence electrons. The molecule has 0 bridgehead atoms. The molecule has 0 N–H and O–H groups in total. The van der Waals surface area contributed by atoms with Crippen LogP contribution in [0.15, 0.2) is 142 Å². The van der Waals surface area contributed by atoms with E-state index in [1.54, 1.807) is 0 Å². The molecule has 0 aliphatic rings. The number of benzene rings is 7. The number of rotatable bonds is 4. The third-order valence-electron chi connectivity index (χ3n) is 12.6. The van der Waals surface area contributed by atoms with E-state index in [1.165, 1.54) is 22.3 Å². The van der Waals surface area contributed by atoms with Gasteiger partial charge in [0.25, 0.3) is 0 Å². The van der Waals surface area contributed by atoms with Crippen molar-refractivity contribution in [3.63, 3.8) is 0 Å². The summed E-state index contributed by atoms with van der Waals surface area (Å²) >= 11 is 0. The largest absolute Gasteiger partial charge is 0.451 e. The maximum Gasteiger partial charge on any atom is 0.179 e. The van der Waals surface area contributed by atoms with Gasteiger partial charge in [-0.2, -0.15) is 0 Å². The highest BCUT2D eigenvalue weighted by Gasteiger charge is 2.27. The zero-order valence-corrected chi connectivity index (χ0v) is 37.5. The number of fused-ring (bicyclic) bond motifs is 2. The first kappa shape index (κ1) is 39.6. The van der Waals surface area contributed by atoms with Crippen LogP contribution < -0.4 is 0 Å². The molecule has 2 nitrogen and oxygen atoms in total. The Balaban J connectivity index is 1.42. The van der Waals surface area contributed by atoms with Crippen molar-refractivity contribution in [2.75, 3.05) is 0 Å². The summed E-state index contributed by atoms with van der Waals surface area (Å²) in [4.78, 5) is 0. The second-order valence-corrected chi connectivity index (χ2v) is 21.0. The van der Waals surface area contributed by atoms with Crippen molar-refractivity contribution in [1.82, 2.24) is 0 Å². The average molecular weight is 787 g/mol. The number of hydrogen-bond acceptors (Lipinski definition) is 2. The van der Waals surface area contributed by atoms with Gasteiger partial charge in [-0.3, -0.25) is 0 Å². The van der Waals surface area contributed by atoms with Crippen LogP contribution in [0.25, 0.3) is 88.4 Å². The van der Waals surface area contributed by atoms with E-state index in [0.717, 1.165) is 88.4 Å². The van der Waals surface area contributed by atoms with Crippen LogP contribution >= 0.6 is 0 Å². The minimum Gasteiger partial charge on any atom is -0.451 e. The van der Waals surface area contributed by atoms with Gasteiger partial charge in [-0.15, -0.1) is 0 Å². The zero-order chi connectivity index (χ0) is 42.5. The third-order valence-corrected chi connectivity index (χ3v) is 12.6. The summed E-state index contributed by atoms with van der Waals surface area (Å²) in [5.74, 6) is 1.67. The van der Waals surface area contributed by atoms with Crippen molar-refractivity contribution in [3.05, 3.63) is 156 Å². The standard InChI is InChI=1S/C58H58O2/c1-55(2,3)39-27-19-35(20-28-39)47-45-17-13-15-43-44-16-14-18-46-48(36-21-29-40(30-22-36)56(4,5)6)52(38-25-33-42(34-26-38)58(10,11)12)60-54(50(44)46)53(49(43)45)59-51(47)37-23-31-41(32-24-37)57(7,8)9/h13-34H,1-12H3. The Morgan fingerprint density at radius 3 is 0.800 bits per heavy atom. The van der Waals surface area contributed by atoms with Gasteiger partial charge in [0.05, 0.1) is 0 Å². The molecule has 0 fully saturated rings. The first-order valence-electron chi connectivity index (χ1n) is 21.6. The minimum atomic E-state index is 0.0239. The van der Waals surface area contributed by atoms with Crippen LogP contribution in [-0.4, -0.2) is 0 Å². The van der Waals surface area contributed by atoms with Gasteiger partial charge in [-0.25, -0.2) is 0 Å². The summed E-state index contributed by atoms with van der Waals surface area (Å²) in [5, 5.41) is 6.73. The van der Waals surface area contributed by atoms with Gasteiger partial charge in [0.15, 0.2) is 11.2 Å². The highest BCUT2D eigenvalue weighted by Crippen LogP contribution is 2.51. The summed E-state index contributed by atoms with van der Waals surface area (Å²) < 4.78 is 14.9. The second-order valence-electron chi connectivity index (χ2n) is 21.0. The Morgan fingerprint density at radius 1 is 0.283 bits per heavy atom. The molecule has 0 saturated carbocycles. The molecule has 2 aromatic heterocycles. The molecule has 7 aromatic carbocycles. The highest BCUT2D eigenvalue weighted by atomic mass is 16.4. The fourth-order valence-corrected chi connectivity index (χ4v) is 8.93. The maximum absolute atomic E-state index is 7.47. The average Bonchev–Trinajstić information content (AvgIpc) is 3.21. The van der Waals surface area contributed by atoms with Crippen LogP contribution in [0.3, 0.4) is 0 Å². The Hall–Kier alpha value is -5.86. The van der Waals surface area contributed by atoms with Crippen LogP contribution in [0, 0.1) is 0 Å². The topological polar surface area (TPSA) is 26.3 Å². The van der Waals surface area contributed by atoms with Crippen molar-refractivity contribution < 1.29 is 8.83 Å². The first-order valence-corrected chi connectivity index (χ1v) is 21.6. The van der Waals surface area contributed by atoms with E-state index < -0.39 is 0 Å². The van der Waals surface area contributed by atoms with Gasteiger partial charge in [0.1, 0.15) is 11.5 Å². The molecular weight excluding hydrogens is 729 g/mol. The van der Waals surface area contributed by atoms with Gasteiger partial charge in [0, 0.05) is 33.0 Å². The molecule has 0 aliphatic heterocycles. The highest BCUT2D eigenvalue weighted by molar-refractivity contribution is 6.33. The summed E-state index contributed by atoms with van der Waals surface area (Å²) in [6.07, 6.45) is 0. The van der Waals surface area contributed by atoms with E-state index in [2.05, 4.69) is 217 Å². The summed E-state index contributed by atoms with van der Waals surface area (Å²) in [5.41, 5.74) is 13.3. The SMILES string of the molecule is CC(C)(C)c1ccc(-c2oc3c4oc(-c5ccc(C(C)(C)C)cc5)c(-c5ccc(C(C)(C)C)cc5)c5cccc(c6cccc(c2-c2ccc(C(C)(C)C)cc2)c63)c54)cc1. The second kappa shape index (κ2) is 13.8. The Labute approximate surface area is 356 Å². The lowest BCUT2D eigenvalue weighted by Gasteiger charge is -2.23. The molecule has 0 radical (unpaired) electrons. The van der Waals surface area contributed by atoms with E-state index in [4.69, 9.17) is 8.83 Å². The quantitative estimate of drug-likeness (QED) is 0.131. The van der Waals surface area contributed by atoms with E-state index in [0.29, 0.717) is 0 Å². The monoisotopic (exact) mass is 786 g/mol. The summed E-state index contributed by atoms with van der Waals surface area (Å²) in [6.45, 7) is 27.2. The van der Waals surface area contributed by atoms with E-state index in [9.17, 15) is 0 Å². The lowest BCUT2D eigenvalue weighted by molar-refractivity contribution is 0.585. The molecule has 60 heavy (non-hydrogen) atoms. The molecule has 0 amide bonds. The molecule has 9 rings (SSSR count). The molecule has 2 heterocycles. The molecule has 2 heteroatoms. The van der Waals surface area contributed by atoms with E-state index in [1.807, 2.05) is 0 Å². The van der Waals surface area contributed by atoms with Gasteiger partial charge in [-0.1, -0.05) is 217 Å². The van der Waals surface area contributed by atoms with Crippen molar-refractivity contribution in [3.8, 4) is 44.9 Å². The third kappa shape index (κ3) is 6.75. The normalized spacial score (nSPS) is 13.0. The van der Waals surface area contributed by atoms with E-state index >= 15 is 0 Å². The molecular formula is C58H58O2. The van der Waals surface area contributed by atoms with E-state index in [-0.39, 0.29) is 21.7 Å². The van der Waals surface area contributed by atoms with Crippen molar-refractivity contribution in [1.29, 1.82) is 0 Å². The van der Waals surface area contributed by atoms with Crippen LogP contribution in [0.1, 0.15) is 105 Å².